The molecule has 34 heavy (non-hydrogen) atoms. The van der Waals surface area contributed by atoms with Crippen LogP contribution in [0, 0.1) is 5.82 Å². The predicted octanol–water partition coefficient (Wildman–Crippen LogP) is 4.82. The molecule has 0 fully saturated rings. The summed E-state index contributed by atoms with van der Waals surface area (Å²) in [6.45, 7) is 4.32. The maximum atomic E-state index is 14.5. The zero-order valence-electron chi connectivity index (χ0n) is 18.1. The fourth-order valence-electron chi connectivity index (χ4n) is 3.23. The molecule has 0 aliphatic carbocycles. The first-order valence-electron chi connectivity index (χ1n) is 10.2. The van der Waals surface area contributed by atoms with Gasteiger partial charge in [0.15, 0.2) is 0 Å². The summed E-state index contributed by atoms with van der Waals surface area (Å²) in [6.07, 6.45) is -0.481. The Bertz CT molecular complexity index is 1340. The Morgan fingerprint density at radius 2 is 1.94 bits per heavy atom. The number of aromatic nitrogens is 5. The number of benzene rings is 1. The Morgan fingerprint density at radius 3 is 2.62 bits per heavy atom. The Hall–Kier alpha value is -4.09. The van der Waals surface area contributed by atoms with Crippen molar-refractivity contribution in [1.82, 2.24) is 24.7 Å². The molecule has 12 heteroatoms. The highest BCUT2D eigenvalue weighted by molar-refractivity contribution is 6.04. The highest BCUT2D eigenvalue weighted by Crippen LogP contribution is 2.28. The van der Waals surface area contributed by atoms with Gasteiger partial charge in [0, 0.05) is 24.0 Å². The summed E-state index contributed by atoms with van der Waals surface area (Å²) in [6, 6.07) is 5.16. The second-order valence-corrected chi connectivity index (χ2v) is 7.44. The maximum Gasteiger partial charge on any atom is 0.433 e. The minimum atomic E-state index is -4.60. The van der Waals surface area contributed by atoms with Crippen molar-refractivity contribution in [3.63, 3.8) is 0 Å². The van der Waals surface area contributed by atoms with E-state index in [1.807, 2.05) is 6.92 Å². The molecule has 3 aromatic heterocycles. The third-order valence-corrected chi connectivity index (χ3v) is 5.00. The number of pyridine rings is 1. The molecule has 3 heterocycles. The Morgan fingerprint density at radius 1 is 1.15 bits per heavy atom. The monoisotopic (exact) mass is 473 g/mol. The number of rotatable bonds is 6. The minimum Gasteiger partial charge on any atom is -0.362 e. The van der Waals surface area contributed by atoms with Gasteiger partial charge in [-0.25, -0.2) is 14.4 Å². The SMILES string of the molecule is CCn1cc2ncc(N[C@@H](C)c3cc(NC(=O)c4ccc(C(F)(F)F)nc4)ccc3F)nc2n1. The van der Waals surface area contributed by atoms with E-state index < -0.39 is 29.6 Å². The summed E-state index contributed by atoms with van der Waals surface area (Å²) in [4.78, 5) is 24.4. The fourth-order valence-corrected chi connectivity index (χ4v) is 3.23. The molecule has 0 aliphatic rings. The van der Waals surface area contributed by atoms with Crippen molar-refractivity contribution < 1.29 is 22.4 Å². The number of fused-ring (bicyclic) bond motifs is 1. The zero-order valence-corrected chi connectivity index (χ0v) is 18.1. The van der Waals surface area contributed by atoms with Crippen LogP contribution >= 0.6 is 0 Å². The summed E-state index contributed by atoms with van der Waals surface area (Å²) < 4.78 is 54.2. The average Bonchev–Trinajstić information content (AvgIpc) is 3.22. The standard InChI is InChI=1S/C22H19F4N7O/c1-3-33-11-17-20(32-33)31-19(10-27-17)29-12(2)15-8-14(5-6-16(15)23)30-21(34)13-4-7-18(28-9-13)22(24,25)26/h4-12H,3H2,1-2H3,(H,30,34)(H,29,31,32)/t12-/m0/s1. The second kappa shape index (κ2) is 9.04. The minimum absolute atomic E-state index is 0.0693. The van der Waals surface area contributed by atoms with Crippen LogP contribution in [0.2, 0.25) is 0 Å². The lowest BCUT2D eigenvalue weighted by atomic mass is 10.1. The molecule has 4 aromatic rings. The highest BCUT2D eigenvalue weighted by Gasteiger charge is 2.32. The molecule has 0 saturated heterocycles. The Balaban J connectivity index is 1.49. The molecule has 1 atom stereocenters. The van der Waals surface area contributed by atoms with Crippen LogP contribution in [0.15, 0.2) is 48.9 Å². The van der Waals surface area contributed by atoms with E-state index in [1.165, 1.54) is 24.4 Å². The van der Waals surface area contributed by atoms with E-state index in [2.05, 4.69) is 30.7 Å². The van der Waals surface area contributed by atoms with Crippen LogP contribution in [0.25, 0.3) is 11.2 Å². The number of nitrogens with one attached hydrogen (secondary N) is 2. The molecule has 2 N–H and O–H groups in total. The lowest BCUT2D eigenvalue weighted by Gasteiger charge is -2.17. The molecular formula is C22H19F4N7O. The molecule has 0 saturated carbocycles. The summed E-state index contributed by atoms with van der Waals surface area (Å²) in [5, 5.41) is 9.90. The number of amides is 1. The number of nitrogens with zero attached hydrogens (tertiary/aromatic N) is 5. The summed E-state index contributed by atoms with van der Waals surface area (Å²) >= 11 is 0. The topological polar surface area (TPSA) is 97.6 Å². The van der Waals surface area contributed by atoms with Gasteiger partial charge in [0.2, 0.25) is 5.65 Å². The van der Waals surface area contributed by atoms with Crippen LogP contribution in [0.3, 0.4) is 0 Å². The van der Waals surface area contributed by atoms with Crippen molar-refractivity contribution in [1.29, 1.82) is 0 Å². The normalized spacial score (nSPS) is 12.5. The van der Waals surface area contributed by atoms with E-state index in [0.29, 0.717) is 23.5 Å². The van der Waals surface area contributed by atoms with Gasteiger partial charge in [-0.05, 0) is 44.2 Å². The summed E-state index contributed by atoms with van der Waals surface area (Å²) in [5.41, 5.74) is 0.415. The van der Waals surface area contributed by atoms with Gasteiger partial charge >= 0.3 is 6.18 Å². The van der Waals surface area contributed by atoms with Crippen LogP contribution in [0.1, 0.15) is 41.5 Å². The molecule has 0 spiro atoms. The molecule has 8 nitrogen and oxygen atoms in total. The van der Waals surface area contributed by atoms with E-state index in [4.69, 9.17) is 0 Å². The van der Waals surface area contributed by atoms with Gasteiger partial charge in [0.05, 0.1) is 24.0 Å². The van der Waals surface area contributed by atoms with E-state index in [1.54, 1.807) is 17.8 Å². The number of alkyl halides is 3. The maximum absolute atomic E-state index is 14.5. The molecule has 1 amide bonds. The van der Waals surface area contributed by atoms with Gasteiger partial charge in [-0.3, -0.25) is 14.5 Å². The number of hydrogen-bond donors (Lipinski definition) is 2. The molecule has 176 valence electrons. The van der Waals surface area contributed by atoms with Crippen LogP contribution in [0.4, 0.5) is 29.1 Å². The molecule has 1 aromatic carbocycles. The van der Waals surface area contributed by atoms with E-state index in [-0.39, 0.29) is 16.8 Å². The first kappa shape index (κ1) is 23.1. The van der Waals surface area contributed by atoms with Crippen LogP contribution in [0.5, 0.6) is 0 Å². The number of halogens is 4. The first-order valence-corrected chi connectivity index (χ1v) is 10.2. The van der Waals surface area contributed by atoms with Crippen LogP contribution in [-0.2, 0) is 12.7 Å². The number of hydrogen-bond acceptors (Lipinski definition) is 6. The lowest BCUT2D eigenvalue weighted by Crippen LogP contribution is -2.15. The van der Waals surface area contributed by atoms with Crippen molar-refractivity contribution in [3.05, 3.63) is 71.6 Å². The Labute approximate surface area is 191 Å². The van der Waals surface area contributed by atoms with Gasteiger partial charge in [-0.1, -0.05) is 0 Å². The molecule has 4 rings (SSSR count). The highest BCUT2D eigenvalue weighted by atomic mass is 19.4. The second-order valence-electron chi connectivity index (χ2n) is 7.44. The van der Waals surface area contributed by atoms with Gasteiger partial charge in [-0.15, -0.1) is 0 Å². The van der Waals surface area contributed by atoms with Gasteiger partial charge in [0.1, 0.15) is 22.8 Å². The lowest BCUT2D eigenvalue weighted by molar-refractivity contribution is -0.141. The Kier molecular flexibility index (Phi) is 6.14. The van der Waals surface area contributed by atoms with E-state index in [9.17, 15) is 22.4 Å². The number of carbonyl (C=O) groups is 1. The van der Waals surface area contributed by atoms with Gasteiger partial charge < -0.3 is 10.6 Å². The largest absolute Gasteiger partial charge is 0.433 e. The number of aryl methyl sites for hydroxylation is 1. The predicted molar refractivity (Wildman–Crippen MR) is 117 cm³/mol. The summed E-state index contributed by atoms with van der Waals surface area (Å²) in [5.74, 6) is -0.799. The van der Waals surface area contributed by atoms with Crippen molar-refractivity contribution in [3.8, 4) is 0 Å². The van der Waals surface area contributed by atoms with Gasteiger partial charge in [-0.2, -0.15) is 18.3 Å². The van der Waals surface area contributed by atoms with Crippen LogP contribution < -0.4 is 10.6 Å². The van der Waals surface area contributed by atoms with E-state index in [0.717, 1.165) is 18.3 Å². The van der Waals surface area contributed by atoms with Crippen LogP contribution in [-0.4, -0.2) is 30.6 Å². The van der Waals surface area contributed by atoms with Crippen molar-refractivity contribution >= 4 is 28.6 Å². The van der Waals surface area contributed by atoms with Gasteiger partial charge in [0.25, 0.3) is 5.91 Å². The molecule has 0 bridgehead atoms. The number of anilines is 2. The fraction of sp³-hybridized carbons (Fsp3) is 0.227. The molecular weight excluding hydrogens is 454 g/mol. The first-order chi connectivity index (χ1) is 16.1. The molecule has 0 unspecified atom stereocenters. The third kappa shape index (κ3) is 4.95. The van der Waals surface area contributed by atoms with E-state index >= 15 is 0 Å². The smallest absolute Gasteiger partial charge is 0.362 e. The van der Waals surface area contributed by atoms with Crippen molar-refractivity contribution in [2.24, 2.45) is 0 Å². The molecule has 0 radical (unpaired) electrons. The third-order valence-electron chi connectivity index (χ3n) is 5.00. The number of carbonyl (C=O) groups excluding carboxylic acids is 1. The van der Waals surface area contributed by atoms with Crippen molar-refractivity contribution in [2.45, 2.75) is 32.6 Å². The average molecular weight is 473 g/mol. The summed E-state index contributed by atoms with van der Waals surface area (Å²) in [7, 11) is 0. The molecule has 0 aliphatic heterocycles. The van der Waals surface area contributed by atoms with Crippen molar-refractivity contribution in [2.75, 3.05) is 10.6 Å². The quantitative estimate of drug-likeness (QED) is 0.390. The zero-order chi connectivity index (χ0) is 24.5.